The summed E-state index contributed by atoms with van der Waals surface area (Å²) in [6.45, 7) is 5.55. The lowest BCUT2D eigenvalue weighted by Gasteiger charge is -2.41. The minimum absolute atomic E-state index is 0.0725. The molecule has 26 heavy (non-hydrogen) atoms. The highest BCUT2D eigenvalue weighted by atomic mass is 16.5. The molecule has 1 saturated heterocycles. The first-order chi connectivity index (χ1) is 12.8. The summed E-state index contributed by atoms with van der Waals surface area (Å²) in [5.74, 6) is 0.798. The number of amides is 1. The Morgan fingerprint density at radius 2 is 1.96 bits per heavy atom. The number of benzene rings is 1. The number of carbonyl (C=O) groups is 1. The van der Waals surface area contributed by atoms with E-state index in [0.29, 0.717) is 11.6 Å². The number of aromatic nitrogens is 1. The van der Waals surface area contributed by atoms with Crippen LogP contribution in [0.1, 0.15) is 47.0 Å². The molecule has 1 aliphatic carbocycles. The van der Waals surface area contributed by atoms with E-state index in [1.165, 1.54) is 24.0 Å². The van der Waals surface area contributed by atoms with Gasteiger partial charge >= 0.3 is 0 Å². The minimum Gasteiger partial charge on any atom is -0.361 e. The number of nitrogens with zero attached hydrogens (tertiary/aromatic N) is 3. The summed E-state index contributed by atoms with van der Waals surface area (Å²) in [5.41, 5.74) is 3.65. The quantitative estimate of drug-likeness (QED) is 0.848. The Balaban J connectivity index is 1.36. The predicted molar refractivity (Wildman–Crippen MR) is 100 cm³/mol. The zero-order valence-corrected chi connectivity index (χ0v) is 15.5. The highest BCUT2D eigenvalue weighted by Crippen LogP contribution is 2.25. The zero-order valence-electron chi connectivity index (χ0n) is 15.5. The van der Waals surface area contributed by atoms with Crippen LogP contribution in [0.4, 0.5) is 0 Å². The Bertz CT molecular complexity index is 762. The number of hydrogen-bond acceptors (Lipinski definition) is 4. The molecule has 1 aromatic heterocycles. The van der Waals surface area contributed by atoms with E-state index in [1.54, 1.807) is 6.20 Å². The van der Waals surface area contributed by atoms with E-state index < -0.39 is 0 Å². The fourth-order valence-corrected chi connectivity index (χ4v) is 4.30. The average molecular weight is 353 g/mol. The normalized spacial score (nSPS) is 20.8. The second kappa shape index (κ2) is 7.62. The molecular weight excluding hydrogens is 326 g/mol. The van der Waals surface area contributed by atoms with Gasteiger partial charge in [-0.25, -0.2) is 0 Å². The first-order valence-electron chi connectivity index (χ1n) is 9.80. The van der Waals surface area contributed by atoms with E-state index in [-0.39, 0.29) is 5.91 Å². The van der Waals surface area contributed by atoms with Crippen LogP contribution < -0.4 is 0 Å². The van der Waals surface area contributed by atoms with Crippen LogP contribution >= 0.6 is 0 Å². The summed E-state index contributed by atoms with van der Waals surface area (Å²) in [5, 5.41) is 3.83. The average Bonchev–Trinajstić information content (AvgIpc) is 3.16. The van der Waals surface area contributed by atoms with Crippen molar-refractivity contribution in [1.82, 2.24) is 15.0 Å². The summed E-state index contributed by atoms with van der Waals surface area (Å²) < 4.78 is 5.26. The molecule has 5 nitrogen and oxygen atoms in total. The highest BCUT2D eigenvalue weighted by molar-refractivity contribution is 5.94. The molecule has 5 heteroatoms. The van der Waals surface area contributed by atoms with Gasteiger partial charge in [-0.1, -0.05) is 36.3 Å². The van der Waals surface area contributed by atoms with Crippen molar-refractivity contribution in [1.29, 1.82) is 0 Å². The number of fused-ring (bicyclic) bond motifs is 1. The van der Waals surface area contributed by atoms with Crippen molar-refractivity contribution < 1.29 is 9.32 Å². The van der Waals surface area contributed by atoms with Gasteiger partial charge in [0.25, 0.3) is 5.91 Å². The van der Waals surface area contributed by atoms with Gasteiger partial charge in [-0.3, -0.25) is 9.69 Å². The molecular formula is C21H27N3O2. The van der Waals surface area contributed by atoms with Crippen LogP contribution in [0.25, 0.3) is 0 Å². The SMILES string of the molecule is CCCc1oncc1C(=O)N1CCN([C@@H]2CCc3ccccc3C2)CC1. The molecule has 0 radical (unpaired) electrons. The fraction of sp³-hybridized carbons (Fsp3) is 0.524. The number of carbonyl (C=O) groups excluding carboxylic acids is 1. The zero-order chi connectivity index (χ0) is 17.9. The lowest BCUT2D eigenvalue weighted by Crippen LogP contribution is -2.53. The van der Waals surface area contributed by atoms with Gasteiger partial charge in [0.15, 0.2) is 0 Å². The van der Waals surface area contributed by atoms with Crippen LogP contribution in [0, 0.1) is 0 Å². The van der Waals surface area contributed by atoms with Crippen LogP contribution in [-0.2, 0) is 19.3 Å². The van der Waals surface area contributed by atoms with Gasteiger partial charge in [0.05, 0.1) is 6.20 Å². The van der Waals surface area contributed by atoms with E-state index in [4.69, 9.17) is 4.52 Å². The van der Waals surface area contributed by atoms with Crippen molar-refractivity contribution in [2.45, 2.75) is 45.1 Å². The van der Waals surface area contributed by atoms with E-state index in [9.17, 15) is 4.79 Å². The Hall–Kier alpha value is -2.14. The van der Waals surface area contributed by atoms with Gasteiger partial charge in [0, 0.05) is 38.6 Å². The molecule has 0 N–H and O–H groups in total. The summed E-state index contributed by atoms with van der Waals surface area (Å²) in [6.07, 6.45) is 6.82. The van der Waals surface area contributed by atoms with E-state index in [1.807, 2.05) is 4.90 Å². The second-order valence-electron chi connectivity index (χ2n) is 7.41. The molecule has 1 amide bonds. The lowest BCUT2D eigenvalue weighted by atomic mass is 9.87. The first-order valence-corrected chi connectivity index (χ1v) is 9.80. The Labute approximate surface area is 155 Å². The molecule has 2 heterocycles. The van der Waals surface area contributed by atoms with Crippen LogP contribution in [0.2, 0.25) is 0 Å². The van der Waals surface area contributed by atoms with Gasteiger partial charge < -0.3 is 9.42 Å². The largest absolute Gasteiger partial charge is 0.361 e. The third-order valence-electron chi connectivity index (χ3n) is 5.79. The van der Waals surface area contributed by atoms with Crippen LogP contribution in [0.3, 0.4) is 0 Å². The standard InChI is InChI=1S/C21H27N3O2/c1-2-5-20-19(15-22-26-20)21(25)24-12-10-23(11-13-24)18-9-8-16-6-3-4-7-17(16)14-18/h3-4,6-7,15,18H,2,5,8-14H2,1H3/t18-/m1/s1. The highest BCUT2D eigenvalue weighted by Gasteiger charge is 2.30. The third-order valence-corrected chi connectivity index (χ3v) is 5.79. The van der Waals surface area contributed by atoms with Gasteiger partial charge in [-0.05, 0) is 36.8 Å². The molecule has 1 atom stereocenters. The van der Waals surface area contributed by atoms with Crippen molar-refractivity contribution in [2.75, 3.05) is 26.2 Å². The van der Waals surface area contributed by atoms with E-state index in [0.717, 1.165) is 51.2 Å². The van der Waals surface area contributed by atoms with Crippen molar-refractivity contribution in [3.05, 3.63) is 52.9 Å². The lowest BCUT2D eigenvalue weighted by molar-refractivity contribution is 0.0551. The molecule has 0 saturated carbocycles. The summed E-state index contributed by atoms with van der Waals surface area (Å²) >= 11 is 0. The van der Waals surface area contributed by atoms with Crippen LogP contribution in [-0.4, -0.2) is 53.1 Å². The number of aryl methyl sites for hydroxylation is 2. The molecule has 2 aromatic rings. The number of piperazine rings is 1. The maximum atomic E-state index is 12.8. The van der Waals surface area contributed by atoms with E-state index >= 15 is 0 Å². The maximum absolute atomic E-state index is 12.8. The molecule has 0 bridgehead atoms. The Morgan fingerprint density at radius 1 is 1.19 bits per heavy atom. The van der Waals surface area contributed by atoms with Crippen molar-refractivity contribution in [2.24, 2.45) is 0 Å². The fourth-order valence-electron chi connectivity index (χ4n) is 4.30. The summed E-state index contributed by atoms with van der Waals surface area (Å²) in [4.78, 5) is 17.3. The van der Waals surface area contributed by atoms with Crippen LogP contribution in [0.15, 0.2) is 35.0 Å². The molecule has 1 aliphatic heterocycles. The molecule has 138 valence electrons. The van der Waals surface area contributed by atoms with Gasteiger partial charge in [-0.2, -0.15) is 0 Å². The Morgan fingerprint density at radius 3 is 2.73 bits per heavy atom. The van der Waals surface area contributed by atoms with Gasteiger partial charge in [0.1, 0.15) is 11.3 Å². The summed E-state index contributed by atoms with van der Waals surface area (Å²) in [7, 11) is 0. The molecule has 0 unspecified atom stereocenters. The number of rotatable bonds is 4. The number of hydrogen-bond donors (Lipinski definition) is 0. The topological polar surface area (TPSA) is 49.6 Å². The smallest absolute Gasteiger partial charge is 0.259 e. The van der Waals surface area contributed by atoms with Crippen molar-refractivity contribution in [3.63, 3.8) is 0 Å². The van der Waals surface area contributed by atoms with Gasteiger partial charge in [0.2, 0.25) is 0 Å². The molecule has 4 rings (SSSR count). The van der Waals surface area contributed by atoms with Crippen molar-refractivity contribution >= 4 is 5.91 Å². The monoisotopic (exact) mass is 353 g/mol. The molecule has 2 aliphatic rings. The predicted octanol–water partition coefficient (Wildman–Crippen LogP) is 2.94. The van der Waals surface area contributed by atoms with Crippen molar-refractivity contribution in [3.8, 4) is 0 Å². The third kappa shape index (κ3) is 3.40. The van der Waals surface area contributed by atoms with Gasteiger partial charge in [-0.15, -0.1) is 0 Å². The molecule has 0 spiro atoms. The van der Waals surface area contributed by atoms with Crippen LogP contribution in [0.5, 0.6) is 0 Å². The summed E-state index contributed by atoms with van der Waals surface area (Å²) in [6, 6.07) is 9.41. The maximum Gasteiger partial charge on any atom is 0.259 e. The first kappa shape index (κ1) is 17.3. The second-order valence-corrected chi connectivity index (χ2v) is 7.41. The molecule has 1 aromatic carbocycles. The van der Waals surface area contributed by atoms with E-state index in [2.05, 4.69) is 41.2 Å². The minimum atomic E-state index is 0.0725. The molecule has 1 fully saturated rings. The Kier molecular flexibility index (Phi) is 5.07.